The Labute approximate surface area is 175 Å². The third kappa shape index (κ3) is 4.83. The molecule has 1 N–H and O–H groups in total. The van der Waals surface area contributed by atoms with Crippen LogP contribution in [0.2, 0.25) is 0 Å². The smallest absolute Gasteiger partial charge is 0.328 e. The van der Waals surface area contributed by atoms with Crippen LogP contribution in [0.5, 0.6) is 0 Å². The molecule has 0 saturated carbocycles. The lowest BCUT2D eigenvalue weighted by Gasteiger charge is -2.31. The standard InChI is InChI=1S/C19H29ClN4O5/c1-12-18(27)23-9-4-6-15(23)19(28)29-10-7-16(25)22-8-3-5-14(22)11-24(20)13(2)17(26)21-12/h12-15H,3-11H2,1-2H3,(H,21,26)/t12-,13-,14-,15-/m0/s1. The van der Waals surface area contributed by atoms with Crippen molar-refractivity contribution in [2.75, 3.05) is 26.2 Å². The van der Waals surface area contributed by atoms with Crippen molar-refractivity contribution in [1.82, 2.24) is 19.5 Å². The molecule has 3 amide bonds. The topological polar surface area (TPSA) is 99.3 Å². The van der Waals surface area contributed by atoms with Crippen LogP contribution in [0.3, 0.4) is 0 Å². The zero-order valence-corrected chi connectivity index (χ0v) is 17.7. The average molecular weight is 429 g/mol. The highest BCUT2D eigenvalue weighted by atomic mass is 35.5. The number of hydrogen-bond acceptors (Lipinski definition) is 6. The molecule has 0 aromatic rings. The van der Waals surface area contributed by atoms with Crippen LogP contribution in [0.25, 0.3) is 0 Å². The number of esters is 1. The first-order chi connectivity index (χ1) is 13.8. The van der Waals surface area contributed by atoms with E-state index in [0.717, 1.165) is 12.8 Å². The average Bonchev–Trinajstić information content (AvgIpc) is 3.35. The van der Waals surface area contributed by atoms with Crippen molar-refractivity contribution >= 4 is 35.5 Å². The highest BCUT2D eigenvalue weighted by Gasteiger charge is 2.39. The monoisotopic (exact) mass is 428 g/mol. The molecule has 0 unspecified atom stereocenters. The second-order valence-electron chi connectivity index (χ2n) is 7.98. The lowest BCUT2D eigenvalue weighted by atomic mass is 10.1. The number of carbonyl (C=O) groups excluding carboxylic acids is 4. The Morgan fingerprint density at radius 3 is 2.48 bits per heavy atom. The molecule has 3 rings (SSSR count). The molecule has 0 bridgehead atoms. The van der Waals surface area contributed by atoms with Crippen LogP contribution in [-0.4, -0.2) is 88.3 Å². The van der Waals surface area contributed by atoms with Crippen molar-refractivity contribution in [3.8, 4) is 0 Å². The minimum atomic E-state index is -0.777. The van der Waals surface area contributed by atoms with Gasteiger partial charge in [-0.05, 0) is 51.3 Å². The molecule has 0 spiro atoms. The molecule has 3 heterocycles. The number of amides is 3. The lowest BCUT2D eigenvalue weighted by molar-refractivity contribution is -0.155. The summed E-state index contributed by atoms with van der Waals surface area (Å²) in [7, 11) is 0. The van der Waals surface area contributed by atoms with E-state index < -0.39 is 24.1 Å². The van der Waals surface area contributed by atoms with Crippen molar-refractivity contribution in [2.45, 2.75) is 70.1 Å². The molecule has 0 aliphatic carbocycles. The van der Waals surface area contributed by atoms with Crippen molar-refractivity contribution in [3.63, 3.8) is 0 Å². The minimum Gasteiger partial charge on any atom is -0.464 e. The van der Waals surface area contributed by atoms with E-state index in [1.165, 1.54) is 9.32 Å². The van der Waals surface area contributed by atoms with Gasteiger partial charge in [-0.15, -0.1) is 0 Å². The molecule has 162 valence electrons. The molecule has 4 atom stereocenters. The summed E-state index contributed by atoms with van der Waals surface area (Å²) in [5, 5.41) is 2.70. The van der Waals surface area contributed by atoms with E-state index in [0.29, 0.717) is 32.5 Å². The van der Waals surface area contributed by atoms with Crippen molar-refractivity contribution in [3.05, 3.63) is 0 Å². The predicted molar refractivity (Wildman–Crippen MR) is 105 cm³/mol. The number of cyclic esters (lactones) is 1. The fourth-order valence-electron chi connectivity index (χ4n) is 4.24. The van der Waals surface area contributed by atoms with E-state index in [4.69, 9.17) is 16.5 Å². The van der Waals surface area contributed by atoms with Crippen molar-refractivity contribution in [1.29, 1.82) is 0 Å². The largest absolute Gasteiger partial charge is 0.464 e. The highest BCUT2D eigenvalue weighted by molar-refractivity contribution is 6.15. The Kier molecular flexibility index (Phi) is 7.00. The summed E-state index contributed by atoms with van der Waals surface area (Å²) < 4.78 is 6.71. The third-order valence-electron chi connectivity index (χ3n) is 5.98. The van der Waals surface area contributed by atoms with Crippen LogP contribution in [-0.2, 0) is 23.9 Å². The first-order valence-corrected chi connectivity index (χ1v) is 10.6. The van der Waals surface area contributed by atoms with Gasteiger partial charge in [0.1, 0.15) is 24.7 Å². The number of rotatable bonds is 0. The molecule has 3 aliphatic rings. The zero-order valence-electron chi connectivity index (χ0n) is 16.9. The first-order valence-electron chi connectivity index (χ1n) is 10.3. The van der Waals surface area contributed by atoms with Gasteiger partial charge in [0.25, 0.3) is 0 Å². The highest BCUT2D eigenvalue weighted by Crippen LogP contribution is 2.23. The molecule has 3 fully saturated rings. The number of carbonyl (C=O) groups is 4. The number of halogens is 1. The number of ether oxygens (including phenoxy) is 1. The number of fused-ring (bicyclic) bond motifs is 2. The molecule has 0 radical (unpaired) electrons. The van der Waals surface area contributed by atoms with Crippen molar-refractivity contribution < 1.29 is 23.9 Å². The molecule has 3 saturated heterocycles. The summed E-state index contributed by atoms with van der Waals surface area (Å²) in [5.41, 5.74) is 0. The molecule has 29 heavy (non-hydrogen) atoms. The second kappa shape index (κ2) is 9.30. The van der Waals surface area contributed by atoms with Gasteiger partial charge in [-0.3, -0.25) is 14.4 Å². The van der Waals surface area contributed by atoms with E-state index in [1.54, 1.807) is 18.7 Å². The fourth-order valence-corrected chi connectivity index (χ4v) is 4.49. The summed E-state index contributed by atoms with van der Waals surface area (Å²) in [6, 6.07) is -2.22. The maximum atomic E-state index is 12.8. The molecule has 10 heteroatoms. The van der Waals surface area contributed by atoms with Crippen LogP contribution < -0.4 is 5.32 Å². The van der Waals surface area contributed by atoms with Crippen LogP contribution in [0.15, 0.2) is 0 Å². The molecular weight excluding hydrogens is 400 g/mol. The van der Waals surface area contributed by atoms with Gasteiger partial charge in [0.15, 0.2) is 0 Å². The summed E-state index contributed by atoms with van der Waals surface area (Å²) in [4.78, 5) is 53.7. The van der Waals surface area contributed by atoms with Gasteiger partial charge in [-0.1, -0.05) is 0 Å². The Morgan fingerprint density at radius 1 is 1.03 bits per heavy atom. The van der Waals surface area contributed by atoms with Crippen LogP contribution >= 0.6 is 11.8 Å². The van der Waals surface area contributed by atoms with Gasteiger partial charge in [-0.2, -0.15) is 0 Å². The SMILES string of the molecule is C[C@@H]1NC(=O)[C@H](C)N(Cl)C[C@@H]2CCCN2C(=O)CCOC(=O)[C@@H]2CCCN2C1=O. The van der Waals surface area contributed by atoms with E-state index in [-0.39, 0.29) is 36.8 Å². The van der Waals surface area contributed by atoms with E-state index in [2.05, 4.69) is 5.32 Å². The second-order valence-corrected chi connectivity index (χ2v) is 8.41. The quantitative estimate of drug-likeness (QED) is 0.439. The van der Waals surface area contributed by atoms with Crippen molar-refractivity contribution in [2.24, 2.45) is 0 Å². The molecule has 3 aliphatic heterocycles. The summed E-state index contributed by atoms with van der Waals surface area (Å²) in [6.07, 6.45) is 2.96. The van der Waals surface area contributed by atoms with E-state index >= 15 is 0 Å². The van der Waals surface area contributed by atoms with Crippen LogP contribution in [0.1, 0.15) is 46.0 Å². The van der Waals surface area contributed by atoms with Crippen LogP contribution in [0, 0.1) is 0 Å². The molecule has 9 nitrogen and oxygen atoms in total. The fraction of sp³-hybridized carbons (Fsp3) is 0.789. The van der Waals surface area contributed by atoms with E-state index in [9.17, 15) is 19.2 Å². The summed E-state index contributed by atoms with van der Waals surface area (Å²) in [6.45, 7) is 4.67. The Morgan fingerprint density at radius 2 is 1.72 bits per heavy atom. The third-order valence-corrected chi connectivity index (χ3v) is 6.41. The first kappa shape index (κ1) is 21.8. The Balaban J connectivity index is 1.79. The lowest BCUT2D eigenvalue weighted by Crippen LogP contribution is -2.54. The maximum Gasteiger partial charge on any atom is 0.328 e. The summed E-state index contributed by atoms with van der Waals surface area (Å²) in [5.74, 6) is -1.28. The maximum absolute atomic E-state index is 12.8. The predicted octanol–water partition coefficient (Wildman–Crippen LogP) is 0.264. The number of nitrogens with one attached hydrogen (secondary N) is 1. The molecule has 0 aromatic carbocycles. The van der Waals surface area contributed by atoms with Gasteiger partial charge in [-0.25, -0.2) is 9.21 Å². The Hall–Kier alpha value is -1.87. The number of nitrogens with zero attached hydrogens (tertiary/aromatic N) is 3. The van der Waals surface area contributed by atoms with E-state index in [1.807, 2.05) is 0 Å². The number of hydrogen-bond donors (Lipinski definition) is 1. The van der Waals surface area contributed by atoms with Gasteiger partial charge >= 0.3 is 5.97 Å². The minimum absolute atomic E-state index is 0.00724. The van der Waals surface area contributed by atoms with Gasteiger partial charge in [0.05, 0.1) is 6.42 Å². The van der Waals surface area contributed by atoms with Crippen LogP contribution in [0.4, 0.5) is 0 Å². The zero-order chi connectivity index (χ0) is 21.1. The molecular formula is C19H29ClN4O5. The Bertz CT molecular complexity index is 675. The van der Waals surface area contributed by atoms with Gasteiger partial charge in [0, 0.05) is 25.7 Å². The normalized spacial score (nSPS) is 33.3. The van der Waals surface area contributed by atoms with Gasteiger partial charge in [0.2, 0.25) is 17.7 Å². The summed E-state index contributed by atoms with van der Waals surface area (Å²) >= 11 is 6.37. The molecule has 0 aromatic heterocycles. The van der Waals surface area contributed by atoms with Gasteiger partial charge < -0.3 is 19.9 Å².